The molecule has 3 amide bonds. The molecule has 3 atom stereocenters. The van der Waals surface area contributed by atoms with Gasteiger partial charge < -0.3 is 10.1 Å². The van der Waals surface area contributed by atoms with Crippen LogP contribution < -0.4 is 5.32 Å². The normalized spacial score (nSPS) is 22.5. The highest BCUT2D eigenvalue weighted by molar-refractivity contribution is 6.10. The number of nitrogens with zero attached hydrogens (tertiary/aromatic N) is 1. The molecule has 1 fully saturated rings. The number of imide groups is 1. The van der Waals surface area contributed by atoms with Crippen LogP contribution in [0.4, 0.5) is 5.69 Å². The first-order valence-corrected chi connectivity index (χ1v) is 14.5. The summed E-state index contributed by atoms with van der Waals surface area (Å²) in [6.07, 6.45) is 2.60. The Bertz CT molecular complexity index is 1400. The second-order valence-corrected chi connectivity index (χ2v) is 11.2. The number of esters is 1. The molecule has 2 bridgehead atoms. The van der Waals surface area contributed by atoms with Gasteiger partial charge in [-0.15, -0.1) is 0 Å². The largest absolute Gasteiger partial charge is 0.454 e. The molecule has 210 valence electrons. The number of carbonyl (C=O) groups is 4. The Morgan fingerprint density at radius 3 is 1.78 bits per heavy atom. The molecule has 7 nitrogen and oxygen atoms in total. The Labute approximate surface area is 239 Å². The lowest BCUT2D eigenvalue weighted by molar-refractivity contribution is -0.160. The van der Waals surface area contributed by atoms with Crippen molar-refractivity contribution in [1.82, 2.24) is 4.90 Å². The summed E-state index contributed by atoms with van der Waals surface area (Å²) in [5, 5.41) is 2.73. The molecule has 1 saturated heterocycles. The molecule has 3 aliphatic carbocycles. The quantitative estimate of drug-likeness (QED) is 0.293. The highest BCUT2D eigenvalue weighted by Crippen LogP contribution is 2.61. The van der Waals surface area contributed by atoms with Crippen molar-refractivity contribution in [2.75, 3.05) is 11.9 Å². The first-order chi connectivity index (χ1) is 19.9. The lowest BCUT2D eigenvalue weighted by atomic mass is 9.55. The van der Waals surface area contributed by atoms with Crippen molar-refractivity contribution in [3.8, 4) is 0 Å². The van der Waals surface area contributed by atoms with Crippen LogP contribution in [-0.2, 0) is 30.3 Å². The van der Waals surface area contributed by atoms with Gasteiger partial charge in [-0.2, -0.15) is 0 Å². The van der Waals surface area contributed by atoms with E-state index in [9.17, 15) is 19.2 Å². The molecule has 41 heavy (non-hydrogen) atoms. The van der Waals surface area contributed by atoms with E-state index >= 15 is 0 Å². The number of aryl methyl sites for hydroxylation is 1. The van der Waals surface area contributed by atoms with E-state index in [1.807, 2.05) is 43.3 Å². The second-order valence-electron chi connectivity index (χ2n) is 11.2. The van der Waals surface area contributed by atoms with Gasteiger partial charge in [0.15, 0.2) is 6.61 Å². The van der Waals surface area contributed by atoms with Crippen LogP contribution in [0.5, 0.6) is 0 Å². The number of nitrogens with one attached hydrogen (secondary N) is 1. The minimum Gasteiger partial charge on any atom is -0.454 e. The Morgan fingerprint density at radius 1 is 0.805 bits per heavy atom. The fraction of sp³-hybridized carbons (Fsp3) is 0.353. The standard InChI is InChI=1S/C34H34N2O5/c1-3-5-14-26(34(40)41-19-27(37)35-21-17-15-20(4-2)16-18-21)36-32(38)30-28-22-10-6-7-11-23(22)29(31(30)33(36)39)25-13-9-8-12-24(25)28/h6-13,15-18,26,28-31H,3-5,14,19H2,1-2H3,(H,35,37)/t26-,28?,29?,30-,31+/m0/s1. The molecular weight excluding hydrogens is 516 g/mol. The van der Waals surface area contributed by atoms with Crippen LogP contribution in [-0.4, -0.2) is 41.2 Å². The van der Waals surface area contributed by atoms with Gasteiger partial charge in [0.1, 0.15) is 6.04 Å². The number of benzene rings is 3. The van der Waals surface area contributed by atoms with Crippen LogP contribution >= 0.6 is 0 Å². The molecule has 0 spiro atoms. The van der Waals surface area contributed by atoms with Crippen molar-refractivity contribution < 1.29 is 23.9 Å². The van der Waals surface area contributed by atoms with Gasteiger partial charge in [0.25, 0.3) is 5.91 Å². The van der Waals surface area contributed by atoms with Crippen molar-refractivity contribution >= 4 is 29.4 Å². The first kappa shape index (κ1) is 26.9. The Balaban J connectivity index is 1.24. The smallest absolute Gasteiger partial charge is 0.329 e. The van der Waals surface area contributed by atoms with E-state index < -0.39 is 36.4 Å². The summed E-state index contributed by atoms with van der Waals surface area (Å²) in [4.78, 5) is 55.4. The third-order valence-electron chi connectivity index (χ3n) is 8.89. The van der Waals surface area contributed by atoms with Gasteiger partial charge in [0.2, 0.25) is 11.8 Å². The molecule has 0 unspecified atom stereocenters. The van der Waals surface area contributed by atoms with E-state index in [0.717, 1.165) is 40.7 Å². The summed E-state index contributed by atoms with van der Waals surface area (Å²) >= 11 is 0. The minimum atomic E-state index is -1.07. The van der Waals surface area contributed by atoms with E-state index in [1.165, 1.54) is 4.90 Å². The number of carbonyl (C=O) groups excluding carboxylic acids is 4. The number of anilines is 1. The average molecular weight is 551 g/mol. The van der Waals surface area contributed by atoms with Gasteiger partial charge in [0.05, 0.1) is 11.8 Å². The zero-order valence-electron chi connectivity index (χ0n) is 23.3. The van der Waals surface area contributed by atoms with Gasteiger partial charge >= 0.3 is 5.97 Å². The van der Waals surface area contributed by atoms with Crippen molar-refractivity contribution in [3.05, 3.63) is 101 Å². The molecule has 4 aliphatic rings. The van der Waals surface area contributed by atoms with E-state index in [4.69, 9.17) is 4.74 Å². The number of hydrogen-bond donors (Lipinski definition) is 1. The summed E-state index contributed by atoms with van der Waals surface area (Å²) in [5.74, 6) is -3.47. The number of hydrogen-bond acceptors (Lipinski definition) is 5. The Hall–Kier alpha value is -4.26. The summed E-state index contributed by atoms with van der Waals surface area (Å²) in [7, 11) is 0. The number of likely N-dealkylation sites (tertiary alicyclic amines) is 1. The molecule has 0 radical (unpaired) electrons. The predicted molar refractivity (Wildman–Crippen MR) is 154 cm³/mol. The van der Waals surface area contributed by atoms with E-state index in [2.05, 4.69) is 36.5 Å². The molecule has 0 aromatic heterocycles. The summed E-state index contributed by atoms with van der Waals surface area (Å²) < 4.78 is 5.44. The predicted octanol–water partition coefficient (Wildman–Crippen LogP) is 5.18. The topological polar surface area (TPSA) is 92.8 Å². The zero-order valence-corrected chi connectivity index (χ0v) is 23.3. The summed E-state index contributed by atoms with van der Waals surface area (Å²) in [6, 6.07) is 22.5. The van der Waals surface area contributed by atoms with Crippen LogP contribution in [0, 0.1) is 11.8 Å². The van der Waals surface area contributed by atoms with Crippen molar-refractivity contribution in [1.29, 1.82) is 0 Å². The third kappa shape index (κ3) is 4.53. The minimum absolute atomic E-state index is 0.244. The molecule has 1 heterocycles. The van der Waals surface area contributed by atoms with Gasteiger partial charge in [0, 0.05) is 17.5 Å². The number of unbranched alkanes of at least 4 members (excludes halogenated alkanes) is 1. The van der Waals surface area contributed by atoms with Gasteiger partial charge in [-0.05, 0) is 52.8 Å². The number of amides is 3. The Kier molecular flexibility index (Phi) is 7.20. The van der Waals surface area contributed by atoms with E-state index in [-0.39, 0.29) is 23.7 Å². The van der Waals surface area contributed by atoms with Crippen LogP contribution in [0.1, 0.15) is 72.8 Å². The Morgan fingerprint density at radius 2 is 1.32 bits per heavy atom. The molecule has 0 saturated carbocycles. The third-order valence-corrected chi connectivity index (χ3v) is 8.89. The van der Waals surface area contributed by atoms with E-state index in [0.29, 0.717) is 18.5 Å². The van der Waals surface area contributed by atoms with Crippen LogP contribution in [0.25, 0.3) is 0 Å². The molecule has 3 aromatic carbocycles. The van der Waals surface area contributed by atoms with Gasteiger partial charge in [-0.1, -0.05) is 87.4 Å². The molecule has 7 rings (SSSR count). The highest BCUT2D eigenvalue weighted by Gasteiger charge is 2.63. The SMILES string of the molecule is CCCC[C@@H](C(=O)OCC(=O)Nc1ccc(CC)cc1)N1C(=O)[C@@H]2C3c4ccccc4C(c4ccccc43)[C@@H]2C1=O. The molecule has 3 aromatic rings. The molecule has 7 heteroatoms. The maximum Gasteiger partial charge on any atom is 0.329 e. The average Bonchev–Trinajstić information content (AvgIpc) is 3.26. The fourth-order valence-corrected chi connectivity index (χ4v) is 7.01. The van der Waals surface area contributed by atoms with Crippen LogP contribution in [0.2, 0.25) is 0 Å². The van der Waals surface area contributed by atoms with Crippen molar-refractivity contribution in [2.24, 2.45) is 11.8 Å². The van der Waals surface area contributed by atoms with E-state index in [1.54, 1.807) is 12.1 Å². The molecular formula is C34H34N2O5. The lowest BCUT2D eigenvalue weighted by Crippen LogP contribution is -2.47. The van der Waals surface area contributed by atoms with Gasteiger partial charge in [-0.3, -0.25) is 19.3 Å². The van der Waals surface area contributed by atoms with Gasteiger partial charge in [-0.25, -0.2) is 4.79 Å². The molecule has 1 aliphatic heterocycles. The van der Waals surface area contributed by atoms with Crippen LogP contribution in [0.15, 0.2) is 72.8 Å². The monoisotopic (exact) mass is 550 g/mol. The van der Waals surface area contributed by atoms with Crippen LogP contribution in [0.3, 0.4) is 0 Å². The second kappa shape index (κ2) is 11.0. The highest BCUT2D eigenvalue weighted by atomic mass is 16.5. The van der Waals surface area contributed by atoms with Crippen molar-refractivity contribution in [2.45, 2.75) is 57.4 Å². The number of ether oxygens (including phenoxy) is 1. The van der Waals surface area contributed by atoms with Crippen molar-refractivity contribution in [3.63, 3.8) is 0 Å². The summed E-state index contributed by atoms with van der Waals surface area (Å²) in [5.41, 5.74) is 6.07. The first-order valence-electron chi connectivity index (χ1n) is 14.5. The number of rotatable bonds is 9. The summed E-state index contributed by atoms with van der Waals surface area (Å²) in [6.45, 7) is 3.54. The molecule has 1 N–H and O–H groups in total. The lowest BCUT2D eigenvalue weighted by Gasteiger charge is -2.45. The zero-order chi connectivity index (χ0) is 28.7. The maximum absolute atomic E-state index is 14.1. The fourth-order valence-electron chi connectivity index (χ4n) is 7.01. The maximum atomic E-state index is 14.1.